The summed E-state index contributed by atoms with van der Waals surface area (Å²) in [6.07, 6.45) is 0.372. The van der Waals surface area contributed by atoms with Gasteiger partial charge in [0.1, 0.15) is 0 Å². The molecule has 1 aliphatic rings. The van der Waals surface area contributed by atoms with E-state index in [1.54, 1.807) is 0 Å². The minimum absolute atomic E-state index is 0.00484. The highest BCUT2D eigenvalue weighted by Crippen LogP contribution is 2.15. The van der Waals surface area contributed by atoms with Gasteiger partial charge < -0.3 is 10.6 Å². The van der Waals surface area contributed by atoms with Gasteiger partial charge in [-0.1, -0.05) is 0 Å². The van der Waals surface area contributed by atoms with Crippen molar-refractivity contribution in [1.29, 1.82) is 5.26 Å². The number of carbonyl (C=O) groups is 1. The van der Waals surface area contributed by atoms with Crippen LogP contribution in [-0.2, 0) is 4.79 Å². The zero-order chi connectivity index (χ0) is 12.0. The van der Waals surface area contributed by atoms with Crippen LogP contribution in [0.3, 0.4) is 0 Å². The molecule has 0 spiro atoms. The Morgan fingerprint density at radius 1 is 1.62 bits per heavy atom. The Labute approximate surface area is 96.8 Å². The SMILES string of the molecule is CC1(C)CNCCN1CC(=O)NCCC#N. The standard InChI is InChI=1S/C11H20N4O/c1-11(2)9-13-6-7-15(11)8-10(16)14-5-3-4-12/h13H,3,5-9H2,1-2H3,(H,14,16). The molecule has 5 heteroatoms. The van der Waals surface area contributed by atoms with E-state index in [1.165, 1.54) is 0 Å². The van der Waals surface area contributed by atoms with E-state index in [0.717, 1.165) is 19.6 Å². The molecule has 1 rings (SSSR count). The fraction of sp³-hybridized carbons (Fsp3) is 0.818. The first-order valence-corrected chi connectivity index (χ1v) is 5.66. The average Bonchev–Trinajstić information content (AvgIpc) is 2.21. The van der Waals surface area contributed by atoms with Crippen molar-refractivity contribution in [2.45, 2.75) is 25.8 Å². The Bertz CT molecular complexity index is 282. The van der Waals surface area contributed by atoms with Gasteiger partial charge in [0.2, 0.25) is 5.91 Å². The number of amides is 1. The molecular formula is C11H20N4O. The zero-order valence-electron chi connectivity index (χ0n) is 10.0. The van der Waals surface area contributed by atoms with Crippen LogP contribution in [-0.4, -0.2) is 49.1 Å². The van der Waals surface area contributed by atoms with Gasteiger partial charge in [-0.25, -0.2) is 0 Å². The molecule has 0 saturated carbocycles. The lowest BCUT2D eigenvalue weighted by Crippen LogP contribution is -2.59. The number of rotatable bonds is 4. The zero-order valence-corrected chi connectivity index (χ0v) is 10.0. The maximum Gasteiger partial charge on any atom is 0.234 e. The second kappa shape index (κ2) is 5.83. The topological polar surface area (TPSA) is 68.2 Å². The molecule has 0 bridgehead atoms. The lowest BCUT2D eigenvalue weighted by molar-refractivity contribution is -0.123. The molecule has 0 unspecified atom stereocenters. The Kier molecular flexibility index (Phi) is 4.71. The van der Waals surface area contributed by atoms with Gasteiger partial charge in [-0.2, -0.15) is 5.26 Å². The summed E-state index contributed by atoms with van der Waals surface area (Å²) in [6, 6.07) is 2.00. The van der Waals surface area contributed by atoms with Crippen molar-refractivity contribution in [3.05, 3.63) is 0 Å². The summed E-state index contributed by atoms with van der Waals surface area (Å²) in [5.74, 6) is 0.00484. The van der Waals surface area contributed by atoms with Crippen LogP contribution in [0, 0.1) is 11.3 Å². The highest BCUT2D eigenvalue weighted by Gasteiger charge is 2.30. The lowest BCUT2D eigenvalue weighted by Gasteiger charge is -2.42. The summed E-state index contributed by atoms with van der Waals surface area (Å²) < 4.78 is 0. The van der Waals surface area contributed by atoms with E-state index >= 15 is 0 Å². The van der Waals surface area contributed by atoms with E-state index in [9.17, 15) is 4.79 Å². The smallest absolute Gasteiger partial charge is 0.234 e. The molecule has 0 aromatic heterocycles. The molecule has 16 heavy (non-hydrogen) atoms. The molecule has 1 saturated heterocycles. The summed E-state index contributed by atoms with van der Waals surface area (Å²) in [5.41, 5.74) is 0.0187. The van der Waals surface area contributed by atoms with E-state index in [1.807, 2.05) is 6.07 Å². The molecule has 0 aromatic carbocycles. The van der Waals surface area contributed by atoms with Crippen molar-refractivity contribution in [2.24, 2.45) is 0 Å². The third kappa shape index (κ3) is 3.80. The van der Waals surface area contributed by atoms with Gasteiger partial charge in [-0.3, -0.25) is 9.69 Å². The molecule has 2 N–H and O–H groups in total. The number of hydrogen-bond acceptors (Lipinski definition) is 4. The number of nitriles is 1. The fourth-order valence-electron chi connectivity index (χ4n) is 1.80. The number of nitrogens with zero attached hydrogens (tertiary/aromatic N) is 2. The molecule has 0 aromatic rings. The van der Waals surface area contributed by atoms with Gasteiger partial charge in [0.25, 0.3) is 0 Å². The molecule has 1 aliphatic heterocycles. The summed E-state index contributed by atoms with van der Waals surface area (Å²) in [5, 5.41) is 14.4. The Hall–Kier alpha value is -1.12. The van der Waals surface area contributed by atoms with Gasteiger partial charge in [-0.05, 0) is 13.8 Å². The Morgan fingerprint density at radius 3 is 3.00 bits per heavy atom. The average molecular weight is 224 g/mol. The minimum atomic E-state index is 0.00484. The highest BCUT2D eigenvalue weighted by molar-refractivity contribution is 5.78. The van der Waals surface area contributed by atoms with Gasteiger partial charge in [0, 0.05) is 31.7 Å². The van der Waals surface area contributed by atoms with Crippen LogP contribution in [0.2, 0.25) is 0 Å². The number of piperazine rings is 1. The van der Waals surface area contributed by atoms with Crippen LogP contribution in [0.25, 0.3) is 0 Å². The van der Waals surface area contributed by atoms with E-state index in [-0.39, 0.29) is 11.4 Å². The van der Waals surface area contributed by atoms with Crippen LogP contribution in [0.4, 0.5) is 0 Å². The molecular weight excluding hydrogens is 204 g/mol. The van der Waals surface area contributed by atoms with E-state index in [4.69, 9.17) is 5.26 Å². The second-order valence-corrected chi connectivity index (χ2v) is 4.67. The highest BCUT2D eigenvalue weighted by atomic mass is 16.2. The monoisotopic (exact) mass is 224 g/mol. The van der Waals surface area contributed by atoms with E-state index in [2.05, 4.69) is 29.4 Å². The number of hydrogen-bond donors (Lipinski definition) is 2. The van der Waals surface area contributed by atoms with Crippen LogP contribution >= 0.6 is 0 Å². The maximum absolute atomic E-state index is 11.6. The summed E-state index contributed by atoms with van der Waals surface area (Å²) in [6.45, 7) is 7.83. The normalized spacial score (nSPS) is 20.1. The second-order valence-electron chi connectivity index (χ2n) is 4.67. The molecule has 0 aliphatic carbocycles. The van der Waals surface area contributed by atoms with Crippen LogP contribution in [0.5, 0.6) is 0 Å². The Morgan fingerprint density at radius 2 is 2.38 bits per heavy atom. The van der Waals surface area contributed by atoms with Crippen molar-refractivity contribution >= 4 is 5.91 Å². The van der Waals surface area contributed by atoms with Gasteiger partial charge >= 0.3 is 0 Å². The van der Waals surface area contributed by atoms with Crippen molar-refractivity contribution in [3.63, 3.8) is 0 Å². The summed E-state index contributed by atoms with van der Waals surface area (Å²) in [4.78, 5) is 13.8. The van der Waals surface area contributed by atoms with E-state index in [0.29, 0.717) is 19.5 Å². The predicted molar refractivity (Wildman–Crippen MR) is 61.8 cm³/mol. The quantitative estimate of drug-likeness (QED) is 0.643. The first-order valence-electron chi connectivity index (χ1n) is 5.66. The van der Waals surface area contributed by atoms with Crippen molar-refractivity contribution in [1.82, 2.24) is 15.5 Å². The first-order chi connectivity index (χ1) is 7.56. The molecule has 1 heterocycles. The molecule has 90 valence electrons. The first kappa shape index (κ1) is 12.9. The molecule has 1 amide bonds. The largest absolute Gasteiger partial charge is 0.354 e. The molecule has 5 nitrogen and oxygen atoms in total. The third-order valence-corrected chi connectivity index (χ3v) is 2.87. The van der Waals surface area contributed by atoms with Crippen molar-refractivity contribution < 1.29 is 4.79 Å². The van der Waals surface area contributed by atoms with Crippen LogP contribution in [0.1, 0.15) is 20.3 Å². The Balaban J connectivity index is 2.35. The van der Waals surface area contributed by atoms with Gasteiger partial charge in [0.15, 0.2) is 0 Å². The maximum atomic E-state index is 11.6. The van der Waals surface area contributed by atoms with Gasteiger partial charge in [-0.15, -0.1) is 0 Å². The summed E-state index contributed by atoms with van der Waals surface area (Å²) in [7, 11) is 0. The molecule has 0 radical (unpaired) electrons. The molecule has 1 fully saturated rings. The fourth-order valence-corrected chi connectivity index (χ4v) is 1.80. The van der Waals surface area contributed by atoms with E-state index < -0.39 is 0 Å². The summed E-state index contributed by atoms with van der Waals surface area (Å²) >= 11 is 0. The number of nitrogens with one attached hydrogen (secondary N) is 2. The van der Waals surface area contributed by atoms with Crippen molar-refractivity contribution in [3.8, 4) is 6.07 Å². The van der Waals surface area contributed by atoms with Crippen LogP contribution in [0.15, 0.2) is 0 Å². The number of carbonyl (C=O) groups excluding carboxylic acids is 1. The minimum Gasteiger partial charge on any atom is -0.354 e. The van der Waals surface area contributed by atoms with Crippen molar-refractivity contribution in [2.75, 3.05) is 32.7 Å². The lowest BCUT2D eigenvalue weighted by atomic mass is 10.0. The molecule has 0 atom stereocenters. The van der Waals surface area contributed by atoms with Crippen LogP contribution < -0.4 is 10.6 Å². The van der Waals surface area contributed by atoms with Gasteiger partial charge in [0.05, 0.1) is 19.0 Å². The third-order valence-electron chi connectivity index (χ3n) is 2.87. The predicted octanol–water partition coefficient (Wildman–Crippen LogP) is -0.300.